The van der Waals surface area contributed by atoms with Gasteiger partial charge < -0.3 is 15.2 Å². The maximum Gasteiger partial charge on any atom is 0.344 e. The Bertz CT molecular complexity index is 1060. The minimum Gasteiger partial charge on any atom is -0.462 e. The molecule has 0 fully saturated rings. The van der Waals surface area contributed by atoms with Gasteiger partial charge in [0.2, 0.25) is 11.5 Å². The number of rotatable bonds is 5. The van der Waals surface area contributed by atoms with Gasteiger partial charge in [-0.15, -0.1) is 0 Å². The number of fused-ring (bicyclic) bond motifs is 2. The highest BCUT2D eigenvalue weighted by Gasteiger charge is 2.25. The van der Waals surface area contributed by atoms with Crippen molar-refractivity contribution in [1.29, 1.82) is 0 Å². The van der Waals surface area contributed by atoms with Crippen molar-refractivity contribution in [3.8, 4) is 0 Å². The van der Waals surface area contributed by atoms with Crippen LogP contribution in [0.3, 0.4) is 0 Å². The van der Waals surface area contributed by atoms with Gasteiger partial charge in [-0.2, -0.15) is 0 Å². The second-order valence-electron chi connectivity index (χ2n) is 5.85. The van der Waals surface area contributed by atoms with E-state index < -0.39 is 5.97 Å². The highest BCUT2D eigenvalue weighted by molar-refractivity contribution is 5.96. The van der Waals surface area contributed by atoms with E-state index in [1.807, 2.05) is 13.0 Å². The Morgan fingerprint density at radius 1 is 1.42 bits per heavy atom. The summed E-state index contributed by atoms with van der Waals surface area (Å²) in [6.45, 7) is 4.50. The summed E-state index contributed by atoms with van der Waals surface area (Å²) in [4.78, 5) is 29.9. The smallest absolute Gasteiger partial charge is 0.344 e. The van der Waals surface area contributed by atoms with Crippen LogP contribution >= 0.6 is 0 Å². The molecule has 136 valence electrons. The first kappa shape index (κ1) is 17.8. The number of hydrogen-bond acceptors (Lipinski definition) is 6. The molecule has 0 amide bonds. The van der Waals surface area contributed by atoms with Gasteiger partial charge in [0.15, 0.2) is 0 Å². The van der Waals surface area contributed by atoms with Crippen molar-refractivity contribution < 1.29 is 18.8 Å². The first-order chi connectivity index (χ1) is 12.5. The molecule has 0 unspecified atom stereocenters. The second-order valence-corrected chi connectivity index (χ2v) is 5.85. The van der Waals surface area contributed by atoms with Crippen LogP contribution in [0.2, 0.25) is 0 Å². The van der Waals surface area contributed by atoms with Crippen molar-refractivity contribution in [2.75, 3.05) is 26.1 Å². The topological polar surface area (TPSA) is 99.8 Å². The zero-order chi connectivity index (χ0) is 18.8. The lowest BCUT2D eigenvalue weighted by molar-refractivity contribution is -0.660. The molecule has 26 heavy (non-hydrogen) atoms. The van der Waals surface area contributed by atoms with E-state index in [4.69, 9.17) is 15.2 Å². The number of ether oxygens (including phenoxy) is 2. The number of carbonyl (C=O) groups excluding carboxylic acids is 1. The van der Waals surface area contributed by atoms with E-state index in [0.717, 1.165) is 5.56 Å². The van der Waals surface area contributed by atoms with Crippen molar-refractivity contribution in [2.45, 2.75) is 20.4 Å². The second kappa shape index (κ2) is 7.09. The van der Waals surface area contributed by atoms with Gasteiger partial charge in [-0.1, -0.05) is 11.1 Å². The summed E-state index contributed by atoms with van der Waals surface area (Å²) in [5, 5.41) is 0.293. The quantitative estimate of drug-likeness (QED) is 0.413. The van der Waals surface area contributed by atoms with Crippen LogP contribution in [-0.2, 0) is 16.0 Å². The van der Waals surface area contributed by atoms with Gasteiger partial charge in [0.25, 0.3) is 11.2 Å². The molecule has 0 spiro atoms. The van der Waals surface area contributed by atoms with Crippen molar-refractivity contribution in [1.82, 2.24) is 9.38 Å². The van der Waals surface area contributed by atoms with Crippen LogP contribution in [0.5, 0.6) is 0 Å². The maximum absolute atomic E-state index is 13.0. The standard InChI is InChI=1S/C18H20N4O4/c1-4-26-18(24)12-10-13-16(21(14(12)19)8-9-25-3)20-15-11(2)6-5-7-22(15)17(13)23/h5-7,10,19H,4,8-9H2,1-3H3/p+1. The number of nitrogens with zero attached hydrogens (tertiary/aromatic N) is 3. The molecule has 8 heteroatoms. The van der Waals surface area contributed by atoms with Gasteiger partial charge in [0.05, 0.1) is 19.8 Å². The minimum atomic E-state index is -0.577. The Kier molecular flexibility index (Phi) is 4.85. The highest BCUT2D eigenvalue weighted by atomic mass is 16.5. The molecule has 0 aliphatic heterocycles. The van der Waals surface area contributed by atoms with Gasteiger partial charge >= 0.3 is 5.97 Å². The molecule has 8 nitrogen and oxygen atoms in total. The number of esters is 1. The molecule has 0 atom stereocenters. The molecule has 0 saturated heterocycles. The average Bonchev–Trinajstić information content (AvgIpc) is 2.62. The third-order valence-corrected chi connectivity index (χ3v) is 4.19. The summed E-state index contributed by atoms with van der Waals surface area (Å²) in [7, 11) is 1.57. The normalized spacial score (nSPS) is 11.2. The predicted octanol–water partition coefficient (Wildman–Crippen LogP) is 0.849. The minimum absolute atomic E-state index is 0.141. The van der Waals surface area contributed by atoms with Crippen LogP contribution < -0.4 is 15.9 Å². The first-order valence-electron chi connectivity index (χ1n) is 8.29. The number of hydrogen-bond donors (Lipinski definition) is 1. The summed E-state index contributed by atoms with van der Waals surface area (Å²) in [5.41, 5.74) is 7.89. The zero-order valence-electron chi connectivity index (χ0n) is 15.0. The predicted molar refractivity (Wildman–Crippen MR) is 96.1 cm³/mol. The van der Waals surface area contributed by atoms with Crippen molar-refractivity contribution >= 4 is 28.5 Å². The van der Waals surface area contributed by atoms with Crippen molar-refractivity contribution in [3.05, 3.63) is 45.9 Å². The molecule has 0 aliphatic carbocycles. The molecule has 3 aromatic heterocycles. The fourth-order valence-corrected chi connectivity index (χ4v) is 2.89. The van der Waals surface area contributed by atoms with Gasteiger partial charge in [-0.05, 0) is 26.0 Å². The number of carbonyl (C=O) groups is 1. The summed E-state index contributed by atoms with van der Waals surface area (Å²) in [6, 6.07) is 5.11. The summed E-state index contributed by atoms with van der Waals surface area (Å²) in [6.07, 6.45) is 1.65. The van der Waals surface area contributed by atoms with Crippen LogP contribution in [0.15, 0.2) is 29.2 Å². The van der Waals surface area contributed by atoms with E-state index in [2.05, 4.69) is 4.98 Å². The number of pyridine rings is 2. The Labute approximate surface area is 149 Å². The molecule has 0 radical (unpaired) electrons. The summed E-state index contributed by atoms with van der Waals surface area (Å²) < 4.78 is 13.3. The number of aromatic nitrogens is 3. The lowest BCUT2D eigenvalue weighted by Crippen LogP contribution is -2.43. The van der Waals surface area contributed by atoms with Gasteiger partial charge in [-0.3, -0.25) is 9.20 Å². The molecule has 3 heterocycles. The molecular weight excluding hydrogens is 336 g/mol. The number of nitrogens with two attached hydrogens (primary N) is 1. The van der Waals surface area contributed by atoms with Crippen LogP contribution in [0, 0.1) is 6.92 Å². The van der Waals surface area contributed by atoms with E-state index in [0.29, 0.717) is 29.8 Å². The fourth-order valence-electron chi connectivity index (χ4n) is 2.89. The Morgan fingerprint density at radius 3 is 2.88 bits per heavy atom. The molecular formula is C18H21N4O4+. The third-order valence-electron chi connectivity index (χ3n) is 4.19. The third kappa shape index (κ3) is 2.88. The SMILES string of the molecule is CCOC(=O)c1cc2c(=O)n3cccc(C)c3nc2[n+](CCOC)c1N. The van der Waals surface area contributed by atoms with Gasteiger partial charge in [0, 0.05) is 18.9 Å². The number of anilines is 1. The van der Waals surface area contributed by atoms with E-state index in [-0.39, 0.29) is 23.5 Å². The monoisotopic (exact) mass is 357 g/mol. The Balaban J connectivity index is 2.42. The molecule has 2 N–H and O–H groups in total. The highest BCUT2D eigenvalue weighted by Crippen LogP contribution is 2.16. The molecule has 0 bridgehead atoms. The number of methoxy groups -OCH3 is 1. The number of aryl methyl sites for hydroxylation is 1. The fraction of sp³-hybridized carbons (Fsp3) is 0.333. The van der Waals surface area contributed by atoms with E-state index in [1.54, 1.807) is 30.9 Å². The van der Waals surface area contributed by atoms with Crippen LogP contribution in [0.25, 0.3) is 16.7 Å². The molecule has 3 rings (SSSR count). The lowest BCUT2D eigenvalue weighted by atomic mass is 10.2. The maximum atomic E-state index is 13.0. The van der Waals surface area contributed by atoms with E-state index in [1.165, 1.54) is 10.5 Å². The van der Waals surface area contributed by atoms with Gasteiger partial charge in [0.1, 0.15) is 10.9 Å². The molecule has 0 aliphatic rings. The average molecular weight is 357 g/mol. The van der Waals surface area contributed by atoms with Gasteiger partial charge in [-0.25, -0.2) is 9.36 Å². The first-order valence-corrected chi connectivity index (χ1v) is 8.29. The molecule has 0 aromatic carbocycles. The number of nitrogen functional groups attached to an aromatic ring is 1. The Morgan fingerprint density at radius 2 is 2.19 bits per heavy atom. The molecule has 0 saturated carbocycles. The summed E-state index contributed by atoms with van der Waals surface area (Å²) in [5.74, 6) is -0.385. The Hall–Kier alpha value is -3.00. The lowest BCUT2D eigenvalue weighted by Gasteiger charge is -2.11. The molecule has 3 aromatic rings. The van der Waals surface area contributed by atoms with Crippen molar-refractivity contribution in [2.24, 2.45) is 0 Å². The van der Waals surface area contributed by atoms with E-state index >= 15 is 0 Å². The zero-order valence-corrected chi connectivity index (χ0v) is 15.0. The van der Waals surface area contributed by atoms with Crippen LogP contribution in [0.4, 0.5) is 5.82 Å². The van der Waals surface area contributed by atoms with E-state index in [9.17, 15) is 9.59 Å². The van der Waals surface area contributed by atoms with Crippen LogP contribution in [0.1, 0.15) is 22.8 Å². The largest absolute Gasteiger partial charge is 0.462 e. The van der Waals surface area contributed by atoms with Crippen molar-refractivity contribution in [3.63, 3.8) is 0 Å². The summed E-state index contributed by atoms with van der Waals surface area (Å²) >= 11 is 0. The van der Waals surface area contributed by atoms with Crippen LogP contribution in [-0.4, -0.2) is 35.7 Å².